The number of nitrogens with zero attached hydrogens (tertiary/aromatic N) is 2. The Hall–Kier alpha value is -2.85. The van der Waals surface area contributed by atoms with Gasteiger partial charge in [-0.25, -0.2) is 4.79 Å². The molecule has 27 heavy (non-hydrogen) atoms. The molecule has 0 N–H and O–H groups in total. The van der Waals surface area contributed by atoms with Crippen molar-refractivity contribution in [3.8, 4) is 11.8 Å². The van der Waals surface area contributed by atoms with Crippen LogP contribution in [-0.2, 0) is 19.1 Å². The van der Waals surface area contributed by atoms with E-state index in [1.54, 1.807) is 29.2 Å². The maximum absolute atomic E-state index is 12.2. The Balaban J connectivity index is 1.94. The lowest BCUT2D eigenvalue weighted by Gasteiger charge is -2.35. The first-order chi connectivity index (χ1) is 12.9. The molecule has 2 atom stereocenters. The third kappa shape index (κ3) is 6.12. The van der Waals surface area contributed by atoms with Gasteiger partial charge < -0.3 is 19.1 Å². The van der Waals surface area contributed by atoms with Crippen molar-refractivity contribution < 1.29 is 23.8 Å². The molecular weight excluding hydrogens is 348 g/mol. The summed E-state index contributed by atoms with van der Waals surface area (Å²) in [5, 5.41) is 9.22. The van der Waals surface area contributed by atoms with Crippen molar-refractivity contribution in [1.82, 2.24) is 4.90 Å². The van der Waals surface area contributed by atoms with Crippen molar-refractivity contribution in [2.75, 3.05) is 26.3 Å². The van der Waals surface area contributed by atoms with Crippen LogP contribution in [-0.4, -0.2) is 55.3 Å². The minimum atomic E-state index is -0.825. The fraction of sp³-hybridized carbons (Fsp3) is 0.450. The van der Waals surface area contributed by atoms with Crippen molar-refractivity contribution in [1.29, 1.82) is 5.26 Å². The smallest absolute Gasteiger partial charge is 0.349 e. The average molecular weight is 372 g/mol. The Morgan fingerprint density at radius 2 is 1.89 bits per heavy atom. The van der Waals surface area contributed by atoms with Crippen molar-refractivity contribution in [2.45, 2.75) is 33.0 Å². The van der Waals surface area contributed by atoms with Crippen LogP contribution in [0.15, 0.2) is 29.8 Å². The molecule has 0 radical (unpaired) electrons. The Kier molecular flexibility index (Phi) is 7.38. The molecule has 1 aromatic carbocycles. The molecule has 144 valence electrons. The maximum atomic E-state index is 12.2. The van der Waals surface area contributed by atoms with Gasteiger partial charge in [0.25, 0.3) is 5.91 Å². The lowest BCUT2D eigenvalue weighted by atomic mass is 10.1. The van der Waals surface area contributed by atoms with Gasteiger partial charge in [0, 0.05) is 13.1 Å². The van der Waals surface area contributed by atoms with Gasteiger partial charge in [-0.3, -0.25) is 4.79 Å². The highest BCUT2D eigenvalue weighted by molar-refractivity contribution is 5.98. The highest BCUT2D eigenvalue weighted by Gasteiger charge is 2.26. The van der Waals surface area contributed by atoms with Crippen LogP contribution in [0.1, 0.15) is 26.3 Å². The fourth-order valence-electron chi connectivity index (χ4n) is 2.81. The lowest BCUT2D eigenvalue weighted by Crippen LogP contribution is -2.49. The number of hydrogen-bond acceptors (Lipinski definition) is 6. The highest BCUT2D eigenvalue weighted by atomic mass is 16.5. The quantitative estimate of drug-likeness (QED) is 0.432. The molecule has 0 aromatic heterocycles. The number of amides is 1. The topological polar surface area (TPSA) is 88.9 Å². The molecule has 0 spiro atoms. The van der Waals surface area contributed by atoms with Gasteiger partial charge in [0.2, 0.25) is 0 Å². The minimum Gasteiger partial charge on any atom is -0.494 e. The summed E-state index contributed by atoms with van der Waals surface area (Å²) in [6, 6.07) is 8.78. The van der Waals surface area contributed by atoms with Gasteiger partial charge in [0.15, 0.2) is 6.61 Å². The van der Waals surface area contributed by atoms with Crippen LogP contribution in [0.2, 0.25) is 0 Å². The molecule has 0 bridgehead atoms. The number of benzene rings is 1. The largest absolute Gasteiger partial charge is 0.494 e. The molecule has 1 amide bonds. The van der Waals surface area contributed by atoms with Crippen LogP contribution in [0.5, 0.6) is 5.75 Å². The van der Waals surface area contributed by atoms with Crippen LogP contribution in [0, 0.1) is 11.3 Å². The van der Waals surface area contributed by atoms with E-state index in [2.05, 4.69) is 0 Å². The molecule has 1 aromatic rings. The molecule has 0 aliphatic carbocycles. The Bertz CT molecular complexity index is 726. The van der Waals surface area contributed by atoms with E-state index in [0.717, 1.165) is 0 Å². The number of nitriles is 1. The average Bonchev–Trinajstić information content (AvgIpc) is 2.64. The summed E-state index contributed by atoms with van der Waals surface area (Å²) in [5.74, 6) is -0.423. The SMILES string of the molecule is CCOc1ccc(/C=C(\C#N)C(=O)OCC(=O)N2C[C@@H](C)O[C@H](C)C2)cc1. The van der Waals surface area contributed by atoms with Gasteiger partial charge in [-0.1, -0.05) is 12.1 Å². The van der Waals surface area contributed by atoms with Gasteiger partial charge in [-0.2, -0.15) is 5.26 Å². The van der Waals surface area contributed by atoms with Crippen molar-refractivity contribution >= 4 is 18.0 Å². The zero-order valence-corrected chi connectivity index (χ0v) is 15.8. The van der Waals surface area contributed by atoms with Gasteiger partial charge >= 0.3 is 5.97 Å². The van der Waals surface area contributed by atoms with E-state index in [4.69, 9.17) is 14.2 Å². The minimum absolute atomic E-state index is 0.0670. The molecule has 7 nitrogen and oxygen atoms in total. The summed E-state index contributed by atoms with van der Waals surface area (Å²) >= 11 is 0. The van der Waals surface area contributed by atoms with Crippen molar-refractivity contribution in [2.24, 2.45) is 0 Å². The van der Waals surface area contributed by atoms with Crippen molar-refractivity contribution in [3.05, 3.63) is 35.4 Å². The second-order valence-electron chi connectivity index (χ2n) is 6.30. The van der Waals surface area contributed by atoms with E-state index in [1.807, 2.05) is 26.8 Å². The number of carbonyl (C=O) groups excluding carboxylic acids is 2. The highest BCUT2D eigenvalue weighted by Crippen LogP contribution is 2.15. The summed E-state index contributed by atoms with van der Waals surface area (Å²) in [4.78, 5) is 26.0. The number of rotatable bonds is 6. The summed E-state index contributed by atoms with van der Waals surface area (Å²) < 4.78 is 16.0. The third-order valence-corrected chi connectivity index (χ3v) is 3.94. The van der Waals surface area contributed by atoms with E-state index in [0.29, 0.717) is 31.0 Å². The number of hydrogen-bond donors (Lipinski definition) is 0. The van der Waals surface area contributed by atoms with Crippen molar-refractivity contribution in [3.63, 3.8) is 0 Å². The maximum Gasteiger partial charge on any atom is 0.349 e. The van der Waals surface area contributed by atoms with E-state index in [-0.39, 0.29) is 23.7 Å². The number of ether oxygens (including phenoxy) is 3. The van der Waals surface area contributed by atoms with Gasteiger partial charge in [0.05, 0.1) is 18.8 Å². The fourth-order valence-corrected chi connectivity index (χ4v) is 2.81. The molecule has 2 rings (SSSR count). The molecule has 0 saturated carbocycles. The zero-order valence-electron chi connectivity index (χ0n) is 15.8. The summed E-state index contributed by atoms with van der Waals surface area (Å²) in [7, 11) is 0. The van der Waals surface area contributed by atoms with E-state index < -0.39 is 12.6 Å². The Labute approximate surface area is 159 Å². The predicted octanol–water partition coefficient (Wildman–Crippen LogP) is 2.17. The monoisotopic (exact) mass is 372 g/mol. The Morgan fingerprint density at radius 1 is 1.26 bits per heavy atom. The van der Waals surface area contributed by atoms with E-state index in [9.17, 15) is 14.9 Å². The van der Waals surface area contributed by atoms with Gasteiger partial charge in [0.1, 0.15) is 17.4 Å². The van der Waals surface area contributed by atoms with E-state index in [1.165, 1.54) is 6.08 Å². The van der Waals surface area contributed by atoms with Crippen LogP contribution in [0.3, 0.4) is 0 Å². The van der Waals surface area contributed by atoms with Crippen LogP contribution in [0.4, 0.5) is 0 Å². The normalized spacial score (nSPS) is 19.9. The Morgan fingerprint density at radius 3 is 2.44 bits per heavy atom. The van der Waals surface area contributed by atoms with Gasteiger partial charge in [-0.05, 0) is 44.5 Å². The summed E-state index contributed by atoms with van der Waals surface area (Å²) in [5.41, 5.74) is 0.491. The third-order valence-electron chi connectivity index (χ3n) is 3.94. The number of esters is 1. The molecule has 1 saturated heterocycles. The number of morpholine rings is 1. The first-order valence-corrected chi connectivity index (χ1v) is 8.88. The van der Waals surface area contributed by atoms with E-state index >= 15 is 0 Å². The molecule has 1 fully saturated rings. The molecule has 1 heterocycles. The lowest BCUT2D eigenvalue weighted by molar-refractivity contribution is -0.154. The van der Waals surface area contributed by atoms with Crippen LogP contribution in [0.25, 0.3) is 6.08 Å². The zero-order chi connectivity index (χ0) is 19.8. The molecule has 0 unspecified atom stereocenters. The summed E-state index contributed by atoms with van der Waals surface area (Å²) in [6.45, 7) is 6.71. The van der Waals surface area contributed by atoms with Crippen LogP contribution < -0.4 is 4.74 Å². The molecule has 1 aliphatic heterocycles. The first kappa shape index (κ1) is 20.5. The second kappa shape index (κ2) is 9.74. The molecular formula is C20H24N2O5. The summed E-state index contributed by atoms with van der Waals surface area (Å²) in [6.07, 6.45) is 1.28. The first-order valence-electron chi connectivity index (χ1n) is 8.88. The van der Waals surface area contributed by atoms with Gasteiger partial charge in [-0.15, -0.1) is 0 Å². The standard InChI is InChI=1S/C20H24N2O5/c1-4-25-18-7-5-16(6-8-18)9-17(10-21)20(24)26-13-19(23)22-11-14(2)27-15(3)12-22/h5-9,14-15H,4,11-13H2,1-3H3/b17-9+/t14-,15-/m1/s1. The molecule has 1 aliphatic rings. The molecule has 7 heteroatoms. The predicted molar refractivity (Wildman–Crippen MR) is 98.7 cm³/mol. The number of carbonyl (C=O) groups is 2. The second-order valence-corrected chi connectivity index (χ2v) is 6.30. The van der Waals surface area contributed by atoms with Crippen LogP contribution >= 0.6 is 0 Å².